The van der Waals surface area contributed by atoms with E-state index in [1.165, 1.54) is 17.0 Å². The topological polar surface area (TPSA) is 75.3 Å². The van der Waals surface area contributed by atoms with Gasteiger partial charge in [0.2, 0.25) is 0 Å². The lowest BCUT2D eigenvalue weighted by Crippen LogP contribution is -2.28. The fourth-order valence-corrected chi connectivity index (χ4v) is 2.05. The molecule has 0 saturated heterocycles. The summed E-state index contributed by atoms with van der Waals surface area (Å²) in [4.78, 5) is 24.6. The van der Waals surface area contributed by atoms with Crippen LogP contribution in [0.3, 0.4) is 0 Å². The Kier molecular flexibility index (Phi) is 4.59. The van der Waals surface area contributed by atoms with Crippen LogP contribution in [0.1, 0.15) is 16.1 Å². The second-order valence-electron chi connectivity index (χ2n) is 4.42. The van der Waals surface area contributed by atoms with Gasteiger partial charge in [-0.2, -0.15) is 5.10 Å². The molecule has 0 aliphatic carbocycles. The predicted octanol–water partition coefficient (Wildman–Crippen LogP) is 1.70. The van der Waals surface area contributed by atoms with E-state index in [1.54, 1.807) is 32.4 Å². The number of nitrogens with zero attached hydrogens (tertiary/aromatic N) is 2. The number of methoxy groups -OCH3 is 1. The van der Waals surface area contributed by atoms with Crippen molar-refractivity contribution in [3.8, 4) is 5.75 Å². The molecule has 0 aliphatic heterocycles. The van der Waals surface area contributed by atoms with Gasteiger partial charge in [-0.1, -0.05) is 11.6 Å². The van der Waals surface area contributed by atoms with E-state index in [9.17, 15) is 9.59 Å². The van der Waals surface area contributed by atoms with Crippen molar-refractivity contribution < 1.29 is 9.53 Å². The van der Waals surface area contributed by atoms with Crippen molar-refractivity contribution in [1.82, 2.24) is 15.1 Å². The van der Waals surface area contributed by atoms with Crippen molar-refractivity contribution in [2.45, 2.75) is 6.54 Å². The molecule has 0 unspecified atom stereocenters. The largest absolute Gasteiger partial charge is 0.496 e. The van der Waals surface area contributed by atoms with Crippen molar-refractivity contribution in [2.24, 2.45) is 0 Å². The molecule has 0 saturated carbocycles. The van der Waals surface area contributed by atoms with E-state index >= 15 is 0 Å². The maximum absolute atomic E-state index is 12.2. The fourth-order valence-electron chi connectivity index (χ4n) is 1.86. The van der Waals surface area contributed by atoms with Crippen molar-refractivity contribution >= 4 is 17.5 Å². The summed E-state index contributed by atoms with van der Waals surface area (Å²) in [6.45, 7) is 0.309. The quantitative estimate of drug-likeness (QED) is 0.933. The highest BCUT2D eigenvalue weighted by molar-refractivity contribution is 6.30. The molecule has 110 valence electrons. The van der Waals surface area contributed by atoms with E-state index < -0.39 is 0 Å². The first-order chi connectivity index (χ1) is 10.0. The van der Waals surface area contributed by atoms with Gasteiger partial charge in [0.15, 0.2) is 0 Å². The number of rotatable bonds is 4. The number of hydrogen-bond acceptors (Lipinski definition) is 4. The molecule has 1 N–H and O–H groups in total. The average molecular weight is 308 g/mol. The Hall–Kier alpha value is -2.34. The standard InChI is InChI=1S/C14H14ClN3O3/c1-18(14(20)11-4-6-13(19)17-16-11)8-9-7-10(15)3-5-12(9)21-2/h3-7H,8H2,1-2H3,(H,17,19). The van der Waals surface area contributed by atoms with E-state index in [0.29, 0.717) is 17.3 Å². The third-order valence-corrected chi connectivity index (χ3v) is 3.13. The zero-order valence-corrected chi connectivity index (χ0v) is 12.3. The van der Waals surface area contributed by atoms with Crippen LogP contribution in [0.25, 0.3) is 0 Å². The number of ether oxygens (including phenoxy) is 1. The summed E-state index contributed by atoms with van der Waals surface area (Å²) < 4.78 is 5.24. The smallest absolute Gasteiger partial charge is 0.274 e. The number of hydrogen-bond donors (Lipinski definition) is 1. The summed E-state index contributed by atoms with van der Waals surface area (Å²) in [7, 11) is 3.19. The number of aromatic amines is 1. The normalized spacial score (nSPS) is 10.2. The van der Waals surface area contributed by atoms with Crippen LogP contribution in [0.4, 0.5) is 0 Å². The second kappa shape index (κ2) is 6.41. The van der Waals surface area contributed by atoms with Gasteiger partial charge < -0.3 is 9.64 Å². The summed E-state index contributed by atoms with van der Waals surface area (Å²) in [5.74, 6) is 0.335. The number of nitrogens with one attached hydrogen (secondary N) is 1. The molecule has 0 fully saturated rings. The number of amides is 1. The van der Waals surface area contributed by atoms with Crippen molar-refractivity contribution in [1.29, 1.82) is 0 Å². The molecule has 2 rings (SSSR count). The molecule has 7 heteroatoms. The van der Waals surface area contributed by atoms with Gasteiger partial charge in [-0.3, -0.25) is 9.59 Å². The van der Waals surface area contributed by atoms with E-state index in [0.717, 1.165) is 5.56 Å². The first kappa shape index (κ1) is 15.1. The minimum atomic E-state index is -0.356. The van der Waals surface area contributed by atoms with E-state index in [1.807, 2.05) is 0 Å². The minimum absolute atomic E-state index is 0.165. The lowest BCUT2D eigenvalue weighted by molar-refractivity contribution is 0.0777. The molecule has 0 bridgehead atoms. The maximum Gasteiger partial charge on any atom is 0.274 e. The maximum atomic E-state index is 12.2. The number of carbonyl (C=O) groups is 1. The average Bonchev–Trinajstić information content (AvgIpc) is 2.47. The SMILES string of the molecule is COc1ccc(Cl)cc1CN(C)C(=O)c1ccc(=O)[nH]n1. The van der Waals surface area contributed by atoms with E-state index in [2.05, 4.69) is 10.2 Å². The summed E-state index contributed by atoms with van der Waals surface area (Å²) in [6.07, 6.45) is 0. The fraction of sp³-hybridized carbons (Fsp3) is 0.214. The van der Waals surface area contributed by atoms with Gasteiger partial charge in [0.1, 0.15) is 11.4 Å². The Bertz CT molecular complexity index is 694. The first-order valence-electron chi connectivity index (χ1n) is 6.15. The lowest BCUT2D eigenvalue weighted by atomic mass is 10.2. The van der Waals surface area contributed by atoms with Crippen LogP contribution < -0.4 is 10.3 Å². The second-order valence-corrected chi connectivity index (χ2v) is 4.86. The zero-order chi connectivity index (χ0) is 15.4. The molecular weight excluding hydrogens is 294 g/mol. The number of halogens is 1. The molecule has 21 heavy (non-hydrogen) atoms. The molecular formula is C14H14ClN3O3. The van der Waals surface area contributed by atoms with Gasteiger partial charge in [-0.25, -0.2) is 5.10 Å². The van der Waals surface area contributed by atoms with Crippen LogP contribution in [0.2, 0.25) is 5.02 Å². The molecule has 0 atom stereocenters. The van der Waals surface area contributed by atoms with Gasteiger partial charge in [-0.15, -0.1) is 0 Å². The molecule has 1 aromatic heterocycles. The monoisotopic (exact) mass is 307 g/mol. The third-order valence-electron chi connectivity index (χ3n) is 2.89. The van der Waals surface area contributed by atoms with Gasteiger partial charge in [-0.05, 0) is 24.3 Å². The highest BCUT2D eigenvalue weighted by Gasteiger charge is 2.15. The Morgan fingerprint density at radius 3 is 2.76 bits per heavy atom. The lowest BCUT2D eigenvalue weighted by Gasteiger charge is -2.18. The molecule has 0 spiro atoms. The summed E-state index contributed by atoms with van der Waals surface area (Å²) >= 11 is 5.96. The Balaban J connectivity index is 2.19. The van der Waals surface area contributed by atoms with Crippen LogP contribution in [-0.2, 0) is 6.54 Å². The van der Waals surface area contributed by atoms with Gasteiger partial charge in [0.25, 0.3) is 11.5 Å². The minimum Gasteiger partial charge on any atom is -0.496 e. The molecule has 2 aromatic rings. The van der Waals surface area contributed by atoms with Crippen molar-refractivity contribution in [3.05, 3.63) is 57.0 Å². The summed E-state index contributed by atoms with van der Waals surface area (Å²) in [6, 6.07) is 7.84. The van der Waals surface area contributed by atoms with Crippen molar-refractivity contribution in [3.63, 3.8) is 0 Å². The summed E-state index contributed by atoms with van der Waals surface area (Å²) in [5.41, 5.74) is 0.592. The van der Waals surface area contributed by atoms with Crippen LogP contribution in [0.15, 0.2) is 35.1 Å². The molecule has 1 aromatic carbocycles. The Morgan fingerprint density at radius 2 is 2.14 bits per heavy atom. The Morgan fingerprint density at radius 1 is 1.38 bits per heavy atom. The number of aromatic nitrogens is 2. The van der Waals surface area contributed by atoms with Gasteiger partial charge >= 0.3 is 0 Å². The number of benzene rings is 1. The highest BCUT2D eigenvalue weighted by Crippen LogP contribution is 2.24. The molecule has 0 aliphatic rings. The van der Waals surface area contributed by atoms with Gasteiger partial charge in [0, 0.05) is 30.2 Å². The van der Waals surface area contributed by atoms with E-state index in [-0.39, 0.29) is 17.2 Å². The Labute approximate surface area is 126 Å². The molecule has 1 amide bonds. The van der Waals surface area contributed by atoms with Crippen LogP contribution in [0, 0.1) is 0 Å². The van der Waals surface area contributed by atoms with E-state index in [4.69, 9.17) is 16.3 Å². The third kappa shape index (κ3) is 3.61. The molecule has 0 radical (unpaired) electrons. The number of H-pyrrole nitrogens is 1. The number of carbonyl (C=O) groups excluding carboxylic acids is 1. The van der Waals surface area contributed by atoms with Crippen LogP contribution in [0.5, 0.6) is 5.75 Å². The van der Waals surface area contributed by atoms with Crippen LogP contribution >= 0.6 is 11.6 Å². The molecule has 1 heterocycles. The molecule has 6 nitrogen and oxygen atoms in total. The first-order valence-corrected chi connectivity index (χ1v) is 6.52. The summed E-state index contributed by atoms with van der Waals surface area (Å²) in [5, 5.41) is 6.51. The zero-order valence-electron chi connectivity index (χ0n) is 11.6. The highest BCUT2D eigenvalue weighted by atomic mass is 35.5. The van der Waals surface area contributed by atoms with Gasteiger partial charge in [0.05, 0.1) is 7.11 Å². The van der Waals surface area contributed by atoms with Crippen molar-refractivity contribution in [2.75, 3.05) is 14.2 Å². The van der Waals surface area contributed by atoms with Crippen LogP contribution in [-0.4, -0.2) is 35.2 Å². The predicted molar refractivity (Wildman–Crippen MR) is 78.7 cm³/mol.